The van der Waals surface area contributed by atoms with Crippen LogP contribution in [-0.2, 0) is 10.0 Å². The van der Waals surface area contributed by atoms with Crippen molar-refractivity contribution >= 4 is 10.0 Å². The number of nitrogens with zero attached hydrogens (tertiary/aromatic N) is 1. The molecule has 0 aliphatic heterocycles. The molecular weight excluding hydrogens is 254 g/mol. The first kappa shape index (κ1) is 13.5. The highest BCUT2D eigenvalue weighted by Gasteiger charge is 2.34. The van der Waals surface area contributed by atoms with Gasteiger partial charge in [-0.15, -0.1) is 0 Å². The summed E-state index contributed by atoms with van der Waals surface area (Å²) < 4.78 is 26.7. The highest BCUT2D eigenvalue weighted by Crippen LogP contribution is 2.37. The van der Waals surface area contributed by atoms with E-state index >= 15 is 0 Å². The monoisotopic (exact) mass is 273 g/mol. The van der Waals surface area contributed by atoms with Crippen LogP contribution in [0.3, 0.4) is 0 Å². The third-order valence-corrected chi connectivity index (χ3v) is 5.22. The number of nitrogens with one attached hydrogen (secondary N) is 2. The van der Waals surface area contributed by atoms with Crippen molar-refractivity contribution in [3.63, 3.8) is 0 Å². The molecule has 18 heavy (non-hydrogen) atoms. The fourth-order valence-corrected chi connectivity index (χ4v) is 3.74. The van der Waals surface area contributed by atoms with E-state index in [1.165, 1.54) is 6.20 Å². The lowest BCUT2D eigenvalue weighted by Gasteiger charge is -2.26. The van der Waals surface area contributed by atoms with Crippen LogP contribution in [0.2, 0.25) is 0 Å². The van der Waals surface area contributed by atoms with Crippen molar-refractivity contribution in [1.82, 2.24) is 14.9 Å². The van der Waals surface area contributed by atoms with Gasteiger partial charge in [-0.2, -0.15) is 5.10 Å². The molecular formula is C11H19N3O3S. The van der Waals surface area contributed by atoms with Gasteiger partial charge in [-0.3, -0.25) is 5.10 Å². The van der Waals surface area contributed by atoms with Crippen LogP contribution in [0.25, 0.3) is 0 Å². The number of aromatic amines is 1. The summed E-state index contributed by atoms with van der Waals surface area (Å²) in [5, 5.41) is 15.8. The van der Waals surface area contributed by atoms with Crippen LogP contribution in [0.4, 0.5) is 0 Å². The predicted octanol–water partition coefficient (Wildman–Crippen LogP) is 0.549. The van der Waals surface area contributed by atoms with E-state index in [-0.39, 0.29) is 23.5 Å². The van der Waals surface area contributed by atoms with E-state index in [2.05, 4.69) is 14.9 Å². The zero-order valence-corrected chi connectivity index (χ0v) is 11.3. The van der Waals surface area contributed by atoms with Crippen molar-refractivity contribution in [1.29, 1.82) is 0 Å². The lowest BCUT2D eigenvalue weighted by Crippen LogP contribution is -2.38. The molecule has 1 aromatic heterocycles. The molecule has 7 heteroatoms. The van der Waals surface area contributed by atoms with Gasteiger partial charge < -0.3 is 5.11 Å². The van der Waals surface area contributed by atoms with Crippen molar-refractivity contribution < 1.29 is 13.5 Å². The Kier molecular flexibility index (Phi) is 3.74. The number of sulfonamides is 1. The molecule has 2 rings (SSSR count). The van der Waals surface area contributed by atoms with Gasteiger partial charge in [0.15, 0.2) is 0 Å². The van der Waals surface area contributed by atoms with Crippen LogP contribution in [0.15, 0.2) is 11.1 Å². The van der Waals surface area contributed by atoms with E-state index in [4.69, 9.17) is 0 Å². The number of H-pyrrole nitrogens is 1. The van der Waals surface area contributed by atoms with Gasteiger partial charge in [0.25, 0.3) is 0 Å². The summed E-state index contributed by atoms with van der Waals surface area (Å²) in [5.41, 5.74) is 0.233. The lowest BCUT2D eigenvalue weighted by atomic mass is 9.88. The maximum absolute atomic E-state index is 12.1. The number of aliphatic hydroxyl groups excluding tert-OH is 1. The number of aromatic nitrogens is 2. The van der Waals surface area contributed by atoms with Gasteiger partial charge in [0.2, 0.25) is 10.0 Å². The molecule has 1 aromatic rings. The third-order valence-electron chi connectivity index (χ3n) is 3.71. The summed E-state index contributed by atoms with van der Waals surface area (Å²) in [5.74, 6) is 0. The fraction of sp³-hybridized carbons (Fsp3) is 0.727. The largest absolute Gasteiger partial charge is 0.396 e. The van der Waals surface area contributed by atoms with Gasteiger partial charge in [-0.1, -0.05) is 12.8 Å². The highest BCUT2D eigenvalue weighted by molar-refractivity contribution is 7.89. The first-order valence-electron chi connectivity index (χ1n) is 6.10. The molecule has 0 radical (unpaired) electrons. The Balaban J connectivity index is 2.08. The highest BCUT2D eigenvalue weighted by atomic mass is 32.2. The minimum absolute atomic E-state index is 0.0277. The summed E-state index contributed by atoms with van der Waals surface area (Å²) in [7, 11) is -3.54. The van der Waals surface area contributed by atoms with E-state index in [9.17, 15) is 13.5 Å². The Morgan fingerprint density at radius 3 is 2.67 bits per heavy atom. The summed E-state index contributed by atoms with van der Waals surface area (Å²) in [4.78, 5) is 0.175. The third kappa shape index (κ3) is 2.57. The number of hydrogen-bond acceptors (Lipinski definition) is 4. The van der Waals surface area contributed by atoms with Gasteiger partial charge in [0.1, 0.15) is 4.90 Å². The Labute approximate surface area is 107 Å². The zero-order valence-electron chi connectivity index (χ0n) is 10.4. The second kappa shape index (κ2) is 4.99. The summed E-state index contributed by atoms with van der Waals surface area (Å²) >= 11 is 0. The van der Waals surface area contributed by atoms with Crippen molar-refractivity contribution in [2.75, 3.05) is 13.2 Å². The molecule has 102 valence electrons. The Bertz CT molecular complexity index is 503. The van der Waals surface area contributed by atoms with Crippen molar-refractivity contribution in [2.24, 2.45) is 5.41 Å². The van der Waals surface area contributed by atoms with Crippen LogP contribution < -0.4 is 4.72 Å². The molecule has 1 aliphatic carbocycles. The topological polar surface area (TPSA) is 95.1 Å². The van der Waals surface area contributed by atoms with Crippen LogP contribution in [0.5, 0.6) is 0 Å². The normalized spacial score (nSPS) is 19.2. The molecule has 0 spiro atoms. The van der Waals surface area contributed by atoms with Crippen LogP contribution in [-0.4, -0.2) is 36.9 Å². The van der Waals surface area contributed by atoms with E-state index in [0.717, 1.165) is 25.7 Å². The molecule has 6 nitrogen and oxygen atoms in total. The number of rotatable bonds is 5. The molecule has 0 aromatic carbocycles. The zero-order chi connectivity index (χ0) is 13.2. The van der Waals surface area contributed by atoms with E-state index < -0.39 is 10.0 Å². The second-order valence-electron chi connectivity index (χ2n) is 5.05. The summed E-state index contributed by atoms with van der Waals surface area (Å²) in [6.45, 7) is 1.98. The van der Waals surface area contributed by atoms with Crippen molar-refractivity contribution in [3.8, 4) is 0 Å². The van der Waals surface area contributed by atoms with E-state index in [1.54, 1.807) is 6.92 Å². The average Bonchev–Trinajstić information content (AvgIpc) is 2.96. The standard InChI is InChI=1S/C11H19N3O3S/c1-9-10(6-12-14-9)18(16,17)13-7-11(8-15)4-2-3-5-11/h6,13,15H,2-5,7-8H2,1H3,(H,12,14). The lowest BCUT2D eigenvalue weighted by molar-refractivity contribution is 0.134. The van der Waals surface area contributed by atoms with E-state index in [0.29, 0.717) is 5.69 Å². The number of aliphatic hydroxyl groups is 1. The van der Waals surface area contributed by atoms with Gasteiger partial charge in [-0.25, -0.2) is 13.1 Å². The first-order valence-corrected chi connectivity index (χ1v) is 7.58. The molecule has 3 N–H and O–H groups in total. The van der Waals surface area contributed by atoms with Gasteiger partial charge in [0, 0.05) is 18.6 Å². The molecule has 0 bridgehead atoms. The SMILES string of the molecule is Cc1[nH]ncc1S(=O)(=O)NCC1(CO)CCCC1. The van der Waals surface area contributed by atoms with Crippen LogP contribution >= 0.6 is 0 Å². The maximum Gasteiger partial charge on any atom is 0.243 e. The molecule has 1 aliphatic rings. The smallest absolute Gasteiger partial charge is 0.243 e. The minimum atomic E-state index is -3.54. The quantitative estimate of drug-likeness (QED) is 0.730. The van der Waals surface area contributed by atoms with E-state index in [1.807, 2.05) is 0 Å². The molecule has 1 saturated carbocycles. The van der Waals surface area contributed by atoms with Gasteiger partial charge >= 0.3 is 0 Å². The maximum atomic E-state index is 12.1. The van der Waals surface area contributed by atoms with Gasteiger partial charge in [-0.05, 0) is 19.8 Å². The van der Waals surface area contributed by atoms with Crippen molar-refractivity contribution in [2.45, 2.75) is 37.5 Å². The predicted molar refractivity (Wildman–Crippen MR) is 66.5 cm³/mol. The Hall–Kier alpha value is -0.920. The molecule has 0 unspecified atom stereocenters. The Morgan fingerprint density at radius 2 is 2.17 bits per heavy atom. The number of aryl methyl sites for hydroxylation is 1. The van der Waals surface area contributed by atoms with Crippen molar-refractivity contribution in [3.05, 3.63) is 11.9 Å². The summed E-state index contributed by atoms with van der Waals surface area (Å²) in [6.07, 6.45) is 5.14. The average molecular weight is 273 g/mol. The summed E-state index contributed by atoms with van der Waals surface area (Å²) in [6, 6.07) is 0. The Morgan fingerprint density at radius 1 is 1.50 bits per heavy atom. The van der Waals surface area contributed by atoms with Crippen LogP contribution in [0.1, 0.15) is 31.4 Å². The second-order valence-corrected chi connectivity index (χ2v) is 6.78. The van der Waals surface area contributed by atoms with Crippen LogP contribution in [0, 0.1) is 12.3 Å². The van der Waals surface area contributed by atoms with Gasteiger partial charge in [0.05, 0.1) is 11.9 Å². The molecule has 1 fully saturated rings. The molecule has 0 amide bonds. The molecule has 0 saturated heterocycles. The number of hydrogen-bond donors (Lipinski definition) is 3. The fourth-order valence-electron chi connectivity index (χ4n) is 2.45. The molecule has 1 heterocycles. The first-order chi connectivity index (χ1) is 8.49. The molecule has 0 atom stereocenters. The minimum Gasteiger partial charge on any atom is -0.396 e.